The van der Waals surface area contributed by atoms with Crippen molar-refractivity contribution < 1.29 is 18.9 Å². The number of rotatable bonds is 5. The van der Waals surface area contributed by atoms with Crippen LogP contribution in [0.4, 0.5) is 0 Å². The van der Waals surface area contributed by atoms with Crippen LogP contribution >= 0.6 is 0 Å². The monoisotopic (exact) mass is 375 g/mol. The Balaban J connectivity index is 1.29. The number of aliphatic hydroxyl groups excluding tert-OH is 1. The van der Waals surface area contributed by atoms with E-state index in [0.717, 1.165) is 25.3 Å². The quantitative estimate of drug-likeness (QED) is 0.805. The van der Waals surface area contributed by atoms with Crippen molar-refractivity contribution in [1.29, 1.82) is 0 Å². The lowest BCUT2D eigenvalue weighted by atomic mass is 10.0. The number of β-amino-alcohol motifs (C(OH)–C–C–N with tert-alkyl or cyclic N) is 1. The van der Waals surface area contributed by atoms with E-state index in [9.17, 15) is 9.90 Å². The second-order valence-electron chi connectivity index (χ2n) is 7.52. The first-order valence-corrected chi connectivity index (χ1v) is 9.55. The Morgan fingerprint density at radius 2 is 2.11 bits per heavy atom. The van der Waals surface area contributed by atoms with E-state index in [2.05, 4.69) is 25.5 Å². The lowest BCUT2D eigenvalue weighted by Crippen LogP contribution is -2.53. The van der Waals surface area contributed by atoms with Gasteiger partial charge in [-0.3, -0.25) is 9.69 Å². The average molecular weight is 375 g/mol. The standard InChI is InChI=1S/C18H25N5O4/c1-11-8-14(21-26-11)17(25)19-13-6-7-23(9-15(13)24)10-16-20-18(27-22-16)12-4-2-3-5-12/h8,12-13,15,24H,2-7,9-10H2,1H3,(H,19,25)/t13-,15-/m0/s1. The lowest BCUT2D eigenvalue weighted by Gasteiger charge is -2.35. The van der Waals surface area contributed by atoms with Crippen molar-refractivity contribution >= 4 is 5.91 Å². The smallest absolute Gasteiger partial charge is 0.273 e. The van der Waals surface area contributed by atoms with Crippen LogP contribution in [0.3, 0.4) is 0 Å². The van der Waals surface area contributed by atoms with Gasteiger partial charge >= 0.3 is 0 Å². The number of piperidine rings is 1. The van der Waals surface area contributed by atoms with E-state index in [1.54, 1.807) is 13.0 Å². The lowest BCUT2D eigenvalue weighted by molar-refractivity contribution is 0.0336. The minimum atomic E-state index is -0.670. The summed E-state index contributed by atoms with van der Waals surface area (Å²) in [6.07, 6.45) is 4.66. The highest BCUT2D eigenvalue weighted by molar-refractivity contribution is 5.92. The number of aromatic nitrogens is 3. The number of aryl methyl sites for hydroxylation is 1. The van der Waals surface area contributed by atoms with Crippen LogP contribution in [0.2, 0.25) is 0 Å². The molecule has 2 aromatic rings. The zero-order chi connectivity index (χ0) is 18.8. The zero-order valence-electron chi connectivity index (χ0n) is 15.4. The summed E-state index contributed by atoms with van der Waals surface area (Å²) in [6.45, 7) is 3.44. The Hall–Kier alpha value is -2.26. The molecule has 0 aromatic carbocycles. The topological polar surface area (TPSA) is 118 Å². The largest absolute Gasteiger partial charge is 0.390 e. The van der Waals surface area contributed by atoms with Gasteiger partial charge in [0.2, 0.25) is 5.89 Å². The van der Waals surface area contributed by atoms with Crippen LogP contribution in [0.1, 0.15) is 66.0 Å². The van der Waals surface area contributed by atoms with Gasteiger partial charge in [-0.25, -0.2) is 0 Å². The van der Waals surface area contributed by atoms with Gasteiger partial charge in [0.15, 0.2) is 11.5 Å². The van der Waals surface area contributed by atoms with Gasteiger partial charge in [0.25, 0.3) is 5.91 Å². The molecule has 2 atom stereocenters. The van der Waals surface area contributed by atoms with E-state index in [4.69, 9.17) is 9.05 Å². The van der Waals surface area contributed by atoms with Crippen molar-refractivity contribution in [3.8, 4) is 0 Å². The molecule has 146 valence electrons. The van der Waals surface area contributed by atoms with E-state index >= 15 is 0 Å². The number of carbonyl (C=O) groups is 1. The molecule has 9 heteroatoms. The number of hydrogen-bond donors (Lipinski definition) is 2. The molecule has 2 N–H and O–H groups in total. The molecule has 0 bridgehead atoms. The first-order valence-electron chi connectivity index (χ1n) is 9.55. The van der Waals surface area contributed by atoms with Gasteiger partial charge in [-0.2, -0.15) is 4.98 Å². The van der Waals surface area contributed by atoms with Gasteiger partial charge in [0.1, 0.15) is 5.76 Å². The molecule has 27 heavy (non-hydrogen) atoms. The molecule has 1 aliphatic carbocycles. The van der Waals surface area contributed by atoms with Crippen molar-refractivity contribution in [2.75, 3.05) is 13.1 Å². The molecule has 1 saturated carbocycles. The molecule has 0 spiro atoms. The minimum Gasteiger partial charge on any atom is -0.390 e. The number of amides is 1. The molecule has 3 heterocycles. The molecule has 1 saturated heterocycles. The van der Waals surface area contributed by atoms with Crippen LogP contribution in [0.5, 0.6) is 0 Å². The summed E-state index contributed by atoms with van der Waals surface area (Å²) in [6, 6.07) is 1.26. The van der Waals surface area contributed by atoms with Crippen LogP contribution < -0.4 is 5.32 Å². The Kier molecular flexibility index (Phi) is 5.22. The van der Waals surface area contributed by atoms with Gasteiger partial charge in [-0.1, -0.05) is 23.2 Å². The van der Waals surface area contributed by atoms with Crippen molar-refractivity contribution in [3.63, 3.8) is 0 Å². The maximum Gasteiger partial charge on any atom is 0.273 e. The van der Waals surface area contributed by atoms with Crippen LogP contribution in [-0.2, 0) is 6.54 Å². The Morgan fingerprint density at radius 1 is 1.30 bits per heavy atom. The van der Waals surface area contributed by atoms with Crippen LogP contribution in [-0.4, -0.2) is 56.4 Å². The second kappa shape index (κ2) is 7.77. The molecule has 0 unspecified atom stereocenters. The summed E-state index contributed by atoms with van der Waals surface area (Å²) in [5.74, 6) is 2.05. The van der Waals surface area contributed by atoms with E-state index in [1.807, 2.05) is 0 Å². The van der Waals surface area contributed by atoms with Crippen LogP contribution in [0.15, 0.2) is 15.1 Å². The molecule has 0 radical (unpaired) electrons. The fourth-order valence-corrected chi connectivity index (χ4v) is 3.90. The highest BCUT2D eigenvalue weighted by Crippen LogP contribution is 2.33. The van der Waals surface area contributed by atoms with Crippen molar-refractivity contribution in [2.45, 2.75) is 63.6 Å². The maximum absolute atomic E-state index is 12.2. The Labute approximate surface area is 157 Å². The number of nitrogens with zero attached hydrogens (tertiary/aromatic N) is 4. The number of nitrogens with one attached hydrogen (secondary N) is 1. The highest BCUT2D eigenvalue weighted by atomic mass is 16.5. The highest BCUT2D eigenvalue weighted by Gasteiger charge is 2.31. The van der Waals surface area contributed by atoms with E-state index in [1.165, 1.54) is 12.8 Å². The molecule has 1 aliphatic heterocycles. The van der Waals surface area contributed by atoms with E-state index < -0.39 is 6.10 Å². The van der Waals surface area contributed by atoms with Crippen molar-refractivity contribution in [1.82, 2.24) is 25.5 Å². The normalized spacial score (nSPS) is 24.4. The summed E-state index contributed by atoms with van der Waals surface area (Å²) >= 11 is 0. The molecular weight excluding hydrogens is 350 g/mol. The van der Waals surface area contributed by atoms with Gasteiger partial charge < -0.3 is 19.5 Å². The molecule has 2 aliphatic rings. The predicted octanol–water partition coefficient (Wildman–Crippen LogP) is 1.39. The predicted molar refractivity (Wildman–Crippen MR) is 93.9 cm³/mol. The summed E-state index contributed by atoms with van der Waals surface area (Å²) in [7, 11) is 0. The Bertz CT molecular complexity index is 782. The number of likely N-dealkylation sites (tertiary alicyclic amines) is 1. The summed E-state index contributed by atoms with van der Waals surface area (Å²) in [5.41, 5.74) is 0.230. The molecule has 2 fully saturated rings. The Morgan fingerprint density at radius 3 is 2.81 bits per heavy atom. The maximum atomic E-state index is 12.2. The fraction of sp³-hybridized carbons (Fsp3) is 0.667. The van der Waals surface area contributed by atoms with Crippen LogP contribution in [0.25, 0.3) is 0 Å². The third kappa shape index (κ3) is 4.19. The van der Waals surface area contributed by atoms with Gasteiger partial charge in [-0.05, 0) is 26.2 Å². The van der Waals surface area contributed by atoms with E-state index in [0.29, 0.717) is 37.0 Å². The summed E-state index contributed by atoms with van der Waals surface area (Å²) in [4.78, 5) is 18.8. The third-order valence-corrected chi connectivity index (χ3v) is 5.40. The molecule has 2 aromatic heterocycles. The number of aliphatic hydroxyl groups is 1. The molecular formula is C18H25N5O4. The fourth-order valence-electron chi connectivity index (χ4n) is 3.90. The van der Waals surface area contributed by atoms with Crippen LogP contribution in [0, 0.1) is 6.92 Å². The van der Waals surface area contributed by atoms with Gasteiger partial charge in [-0.15, -0.1) is 0 Å². The minimum absolute atomic E-state index is 0.230. The van der Waals surface area contributed by atoms with Crippen molar-refractivity contribution in [3.05, 3.63) is 29.2 Å². The number of hydrogen-bond acceptors (Lipinski definition) is 8. The second-order valence-corrected chi connectivity index (χ2v) is 7.52. The first-order chi connectivity index (χ1) is 13.1. The third-order valence-electron chi connectivity index (χ3n) is 5.40. The molecule has 9 nitrogen and oxygen atoms in total. The first kappa shape index (κ1) is 18.1. The number of carbonyl (C=O) groups excluding carboxylic acids is 1. The summed E-state index contributed by atoms with van der Waals surface area (Å²) < 4.78 is 10.3. The van der Waals surface area contributed by atoms with E-state index in [-0.39, 0.29) is 17.6 Å². The molecule has 1 amide bonds. The zero-order valence-corrected chi connectivity index (χ0v) is 15.4. The van der Waals surface area contributed by atoms with Gasteiger partial charge in [0, 0.05) is 25.1 Å². The van der Waals surface area contributed by atoms with Gasteiger partial charge in [0.05, 0.1) is 18.7 Å². The SMILES string of the molecule is Cc1cc(C(=O)N[C@H]2CCN(Cc3noc(C4CCCC4)n3)C[C@@H]2O)no1. The molecule has 4 rings (SSSR count). The van der Waals surface area contributed by atoms with Crippen molar-refractivity contribution in [2.24, 2.45) is 0 Å². The average Bonchev–Trinajstić information content (AvgIpc) is 3.38. The summed E-state index contributed by atoms with van der Waals surface area (Å²) in [5, 5.41) is 21.1.